The molecule has 0 rings (SSSR count). The summed E-state index contributed by atoms with van der Waals surface area (Å²) in [5, 5.41) is 0. The number of esters is 1. The Morgan fingerprint density at radius 3 is 2.67 bits per heavy atom. The second-order valence-electron chi connectivity index (χ2n) is 1.48. The predicted molar refractivity (Wildman–Crippen MR) is 31.5 cm³/mol. The van der Waals surface area contributed by atoms with Crippen LogP contribution in [-0.2, 0) is 9.53 Å². The molecule has 0 amide bonds. The van der Waals surface area contributed by atoms with Crippen molar-refractivity contribution in [2.75, 3.05) is 6.61 Å². The van der Waals surface area contributed by atoms with Gasteiger partial charge in [-0.3, -0.25) is 0 Å². The number of carbonyl (C=O) groups is 1. The van der Waals surface area contributed by atoms with Crippen LogP contribution in [0.1, 0.15) is 13.8 Å². The molecule has 52 valence electrons. The molecule has 0 aromatic heterocycles. The van der Waals surface area contributed by atoms with E-state index < -0.39 is 11.8 Å². The van der Waals surface area contributed by atoms with Crippen LogP contribution >= 0.6 is 0 Å². The van der Waals surface area contributed by atoms with Crippen molar-refractivity contribution in [3.63, 3.8) is 0 Å². The van der Waals surface area contributed by atoms with E-state index in [1.54, 1.807) is 6.92 Å². The SMILES string of the molecule is CCOC(=O)/C=C(\C)F. The van der Waals surface area contributed by atoms with Crippen molar-refractivity contribution < 1.29 is 13.9 Å². The summed E-state index contributed by atoms with van der Waals surface area (Å²) in [7, 11) is 0. The molecular weight excluding hydrogens is 123 g/mol. The average Bonchev–Trinajstić information content (AvgIpc) is 1.63. The van der Waals surface area contributed by atoms with Crippen molar-refractivity contribution in [2.24, 2.45) is 0 Å². The first-order chi connectivity index (χ1) is 4.16. The highest BCUT2D eigenvalue weighted by Gasteiger charge is 1.94. The lowest BCUT2D eigenvalue weighted by Gasteiger charge is -1.92. The fraction of sp³-hybridized carbons (Fsp3) is 0.500. The maximum absolute atomic E-state index is 11.8. The van der Waals surface area contributed by atoms with Gasteiger partial charge in [-0.25, -0.2) is 9.18 Å². The third-order valence-corrected chi connectivity index (χ3v) is 0.603. The Labute approximate surface area is 53.3 Å². The van der Waals surface area contributed by atoms with Crippen molar-refractivity contribution >= 4 is 5.97 Å². The molecule has 0 aromatic rings. The van der Waals surface area contributed by atoms with Crippen molar-refractivity contribution in [2.45, 2.75) is 13.8 Å². The van der Waals surface area contributed by atoms with E-state index in [4.69, 9.17) is 0 Å². The lowest BCUT2D eigenvalue weighted by Crippen LogP contribution is -1.99. The lowest BCUT2D eigenvalue weighted by atomic mass is 10.5. The molecule has 0 heterocycles. The van der Waals surface area contributed by atoms with Crippen LogP contribution in [0.25, 0.3) is 0 Å². The van der Waals surface area contributed by atoms with Crippen molar-refractivity contribution in [3.05, 3.63) is 11.9 Å². The average molecular weight is 132 g/mol. The van der Waals surface area contributed by atoms with Gasteiger partial charge in [-0.15, -0.1) is 0 Å². The van der Waals surface area contributed by atoms with Gasteiger partial charge in [0.05, 0.1) is 12.7 Å². The molecule has 0 saturated carbocycles. The van der Waals surface area contributed by atoms with Gasteiger partial charge in [0.15, 0.2) is 0 Å². The highest BCUT2D eigenvalue weighted by atomic mass is 19.1. The molecule has 2 nitrogen and oxygen atoms in total. The summed E-state index contributed by atoms with van der Waals surface area (Å²) in [5.74, 6) is -1.16. The summed E-state index contributed by atoms with van der Waals surface area (Å²) >= 11 is 0. The van der Waals surface area contributed by atoms with E-state index in [0.29, 0.717) is 0 Å². The van der Waals surface area contributed by atoms with Gasteiger partial charge in [0.1, 0.15) is 5.83 Å². The monoisotopic (exact) mass is 132 g/mol. The van der Waals surface area contributed by atoms with Gasteiger partial charge in [-0.05, 0) is 13.8 Å². The summed E-state index contributed by atoms with van der Waals surface area (Å²) in [5.41, 5.74) is 0. The van der Waals surface area contributed by atoms with Crippen LogP contribution in [0, 0.1) is 0 Å². The van der Waals surface area contributed by atoms with Gasteiger partial charge in [0.25, 0.3) is 0 Å². The standard InChI is InChI=1S/C6H9FO2/c1-3-9-6(8)4-5(2)7/h4H,3H2,1-2H3/b5-4+. The molecule has 0 aliphatic rings. The third kappa shape index (κ3) is 5.00. The normalized spacial score (nSPS) is 11.2. The summed E-state index contributed by atoms with van der Waals surface area (Å²) in [6.45, 7) is 3.14. The molecule has 0 N–H and O–H groups in total. The number of carbonyl (C=O) groups excluding carboxylic acids is 1. The third-order valence-electron chi connectivity index (χ3n) is 0.603. The van der Waals surface area contributed by atoms with Gasteiger partial charge < -0.3 is 4.74 Å². The second-order valence-corrected chi connectivity index (χ2v) is 1.48. The van der Waals surface area contributed by atoms with E-state index in [9.17, 15) is 9.18 Å². The molecule has 9 heavy (non-hydrogen) atoms. The zero-order valence-electron chi connectivity index (χ0n) is 5.48. The van der Waals surface area contributed by atoms with Gasteiger partial charge in [0, 0.05) is 0 Å². The minimum absolute atomic E-state index is 0.280. The minimum atomic E-state index is -0.627. The molecule has 0 aliphatic heterocycles. The molecule has 0 unspecified atom stereocenters. The fourth-order valence-electron chi connectivity index (χ4n) is 0.346. The Balaban J connectivity index is 3.63. The number of allylic oxidation sites excluding steroid dienone is 1. The van der Waals surface area contributed by atoms with Crippen molar-refractivity contribution in [1.82, 2.24) is 0 Å². The highest BCUT2D eigenvalue weighted by molar-refractivity contribution is 5.82. The number of rotatable bonds is 2. The maximum atomic E-state index is 11.8. The minimum Gasteiger partial charge on any atom is -0.463 e. The quantitative estimate of drug-likeness (QED) is 0.419. The van der Waals surface area contributed by atoms with E-state index >= 15 is 0 Å². The van der Waals surface area contributed by atoms with Crippen LogP contribution in [0.2, 0.25) is 0 Å². The summed E-state index contributed by atoms with van der Waals surface area (Å²) in [6.07, 6.45) is 0.809. The topological polar surface area (TPSA) is 26.3 Å². The smallest absolute Gasteiger partial charge is 0.333 e. The van der Waals surface area contributed by atoms with Gasteiger partial charge in [-0.1, -0.05) is 0 Å². The molecular formula is C6H9FO2. The highest BCUT2D eigenvalue weighted by Crippen LogP contribution is 1.92. The molecule has 0 radical (unpaired) electrons. The van der Waals surface area contributed by atoms with Crippen LogP contribution < -0.4 is 0 Å². The number of hydrogen-bond acceptors (Lipinski definition) is 2. The predicted octanol–water partition coefficient (Wildman–Crippen LogP) is 1.42. The van der Waals surface area contributed by atoms with E-state index in [1.165, 1.54) is 6.92 Å². The molecule has 0 bridgehead atoms. The number of halogens is 1. The molecule has 0 aromatic carbocycles. The second kappa shape index (κ2) is 4.06. The van der Waals surface area contributed by atoms with Crippen LogP contribution in [-0.4, -0.2) is 12.6 Å². The van der Waals surface area contributed by atoms with Crippen molar-refractivity contribution in [3.8, 4) is 0 Å². The van der Waals surface area contributed by atoms with E-state index in [-0.39, 0.29) is 6.61 Å². The Hall–Kier alpha value is -0.860. The lowest BCUT2D eigenvalue weighted by molar-refractivity contribution is -0.137. The molecule has 0 spiro atoms. The zero-order valence-corrected chi connectivity index (χ0v) is 5.48. The Morgan fingerprint density at radius 1 is 1.78 bits per heavy atom. The molecule has 0 saturated heterocycles. The zero-order chi connectivity index (χ0) is 7.28. The van der Waals surface area contributed by atoms with E-state index in [2.05, 4.69) is 4.74 Å². The number of ether oxygens (including phenoxy) is 1. The van der Waals surface area contributed by atoms with Gasteiger partial charge in [0.2, 0.25) is 0 Å². The first-order valence-electron chi connectivity index (χ1n) is 2.67. The maximum Gasteiger partial charge on any atom is 0.333 e. The van der Waals surface area contributed by atoms with Gasteiger partial charge in [-0.2, -0.15) is 0 Å². The Bertz CT molecular complexity index is 125. The number of hydrogen-bond donors (Lipinski definition) is 0. The van der Waals surface area contributed by atoms with Crippen molar-refractivity contribution in [1.29, 1.82) is 0 Å². The Morgan fingerprint density at radius 2 is 2.33 bits per heavy atom. The summed E-state index contributed by atoms with van der Waals surface area (Å²) < 4.78 is 16.2. The van der Waals surface area contributed by atoms with E-state index in [1.807, 2.05) is 0 Å². The van der Waals surface area contributed by atoms with Crippen LogP contribution in [0.15, 0.2) is 11.9 Å². The van der Waals surface area contributed by atoms with Gasteiger partial charge >= 0.3 is 5.97 Å². The fourth-order valence-corrected chi connectivity index (χ4v) is 0.346. The molecule has 0 atom stereocenters. The Kier molecular flexibility index (Phi) is 3.67. The van der Waals surface area contributed by atoms with E-state index in [0.717, 1.165) is 6.08 Å². The first kappa shape index (κ1) is 8.14. The molecule has 0 aliphatic carbocycles. The molecule has 3 heteroatoms. The first-order valence-corrected chi connectivity index (χ1v) is 2.67. The largest absolute Gasteiger partial charge is 0.463 e. The molecule has 0 fully saturated rings. The summed E-state index contributed by atoms with van der Waals surface area (Å²) in [4.78, 5) is 10.3. The van der Waals surface area contributed by atoms with Crippen LogP contribution in [0.3, 0.4) is 0 Å². The van der Waals surface area contributed by atoms with Crippen LogP contribution in [0.5, 0.6) is 0 Å². The van der Waals surface area contributed by atoms with Crippen LogP contribution in [0.4, 0.5) is 4.39 Å². The summed E-state index contributed by atoms with van der Waals surface area (Å²) in [6, 6.07) is 0.